The lowest BCUT2D eigenvalue weighted by Gasteiger charge is -2.24. The number of benzene rings is 1. The second-order valence-corrected chi connectivity index (χ2v) is 4.85. The van der Waals surface area contributed by atoms with E-state index >= 15 is 0 Å². The van der Waals surface area contributed by atoms with Crippen LogP contribution in [0.2, 0.25) is 0 Å². The molecule has 3 heteroatoms. The van der Waals surface area contributed by atoms with Crippen LogP contribution < -0.4 is 5.73 Å². The Kier molecular flexibility index (Phi) is 3.79. The van der Waals surface area contributed by atoms with Gasteiger partial charge in [0.1, 0.15) is 5.82 Å². The molecule has 17 heavy (non-hydrogen) atoms. The van der Waals surface area contributed by atoms with Crippen molar-refractivity contribution in [2.45, 2.75) is 38.8 Å². The monoisotopic (exact) mass is 237 g/mol. The van der Waals surface area contributed by atoms with Crippen LogP contribution in [0.3, 0.4) is 0 Å². The Morgan fingerprint density at radius 1 is 1.41 bits per heavy atom. The Morgan fingerprint density at radius 3 is 2.65 bits per heavy atom. The zero-order chi connectivity index (χ0) is 12.4. The predicted molar refractivity (Wildman–Crippen MR) is 66.2 cm³/mol. The SMILES string of the molecule is CCOC(C1CC1)C(N)c1cc(C)cc(F)c1. The topological polar surface area (TPSA) is 35.2 Å². The van der Waals surface area contributed by atoms with Crippen molar-refractivity contribution in [2.75, 3.05) is 6.61 Å². The van der Waals surface area contributed by atoms with E-state index in [1.165, 1.54) is 25.0 Å². The van der Waals surface area contributed by atoms with Gasteiger partial charge in [0.2, 0.25) is 0 Å². The van der Waals surface area contributed by atoms with Gasteiger partial charge in [0.05, 0.1) is 12.1 Å². The zero-order valence-corrected chi connectivity index (χ0v) is 10.4. The number of rotatable bonds is 5. The number of hydrogen-bond donors (Lipinski definition) is 1. The summed E-state index contributed by atoms with van der Waals surface area (Å²) in [5, 5.41) is 0. The van der Waals surface area contributed by atoms with Gasteiger partial charge >= 0.3 is 0 Å². The van der Waals surface area contributed by atoms with Gasteiger partial charge in [-0.2, -0.15) is 0 Å². The molecule has 0 radical (unpaired) electrons. The average Bonchev–Trinajstić information content (AvgIpc) is 3.07. The summed E-state index contributed by atoms with van der Waals surface area (Å²) in [6.07, 6.45) is 2.38. The highest BCUT2D eigenvalue weighted by atomic mass is 19.1. The number of ether oxygens (including phenoxy) is 1. The number of nitrogens with two attached hydrogens (primary N) is 1. The van der Waals surface area contributed by atoms with Crippen molar-refractivity contribution < 1.29 is 9.13 Å². The number of halogens is 1. The average molecular weight is 237 g/mol. The fraction of sp³-hybridized carbons (Fsp3) is 0.571. The quantitative estimate of drug-likeness (QED) is 0.854. The van der Waals surface area contributed by atoms with E-state index in [2.05, 4.69) is 0 Å². The van der Waals surface area contributed by atoms with Crippen molar-refractivity contribution in [3.63, 3.8) is 0 Å². The van der Waals surface area contributed by atoms with E-state index in [0.717, 1.165) is 11.1 Å². The van der Waals surface area contributed by atoms with Crippen molar-refractivity contribution in [2.24, 2.45) is 11.7 Å². The molecule has 1 fully saturated rings. The summed E-state index contributed by atoms with van der Waals surface area (Å²) >= 11 is 0. The molecule has 1 aromatic carbocycles. The predicted octanol–water partition coefficient (Wildman–Crippen LogP) is 2.95. The Bertz CT molecular complexity index is 370. The lowest BCUT2D eigenvalue weighted by Crippen LogP contribution is -2.31. The summed E-state index contributed by atoms with van der Waals surface area (Å²) in [5.74, 6) is 0.329. The minimum absolute atomic E-state index is 0.0289. The second kappa shape index (κ2) is 5.15. The molecule has 0 spiro atoms. The highest BCUT2D eigenvalue weighted by molar-refractivity contribution is 5.27. The van der Waals surface area contributed by atoms with Crippen LogP contribution in [0.15, 0.2) is 18.2 Å². The molecule has 2 N–H and O–H groups in total. The Hall–Kier alpha value is -0.930. The highest BCUT2D eigenvalue weighted by Crippen LogP contribution is 2.39. The third-order valence-electron chi connectivity index (χ3n) is 3.25. The van der Waals surface area contributed by atoms with E-state index in [1.807, 2.05) is 19.9 Å². The molecule has 0 aliphatic heterocycles. The molecule has 2 atom stereocenters. The number of aryl methyl sites for hydroxylation is 1. The minimum atomic E-state index is -0.225. The minimum Gasteiger partial charge on any atom is -0.376 e. The Morgan fingerprint density at radius 2 is 2.12 bits per heavy atom. The van der Waals surface area contributed by atoms with E-state index in [9.17, 15) is 4.39 Å². The van der Waals surface area contributed by atoms with Gasteiger partial charge in [-0.05, 0) is 55.9 Å². The standard InChI is InChI=1S/C14H20FNO/c1-3-17-14(10-4-5-10)13(16)11-6-9(2)7-12(15)8-11/h6-8,10,13-14H,3-5,16H2,1-2H3. The summed E-state index contributed by atoms with van der Waals surface area (Å²) in [4.78, 5) is 0. The molecular formula is C14H20FNO. The van der Waals surface area contributed by atoms with Crippen LogP contribution in [0.1, 0.15) is 36.9 Å². The van der Waals surface area contributed by atoms with Crippen molar-refractivity contribution >= 4 is 0 Å². The van der Waals surface area contributed by atoms with E-state index in [-0.39, 0.29) is 18.0 Å². The van der Waals surface area contributed by atoms with Crippen LogP contribution in [-0.4, -0.2) is 12.7 Å². The van der Waals surface area contributed by atoms with Gasteiger partial charge in [-0.15, -0.1) is 0 Å². The second-order valence-electron chi connectivity index (χ2n) is 4.85. The maximum absolute atomic E-state index is 13.4. The lowest BCUT2D eigenvalue weighted by atomic mass is 9.97. The van der Waals surface area contributed by atoms with Crippen LogP contribution >= 0.6 is 0 Å². The lowest BCUT2D eigenvalue weighted by molar-refractivity contribution is 0.0282. The van der Waals surface area contributed by atoms with Crippen LogP contribution in [0.5, 0.6) is 0 Å². The Balaban J connectivity index is 2.18. The van der Waals surface area contributed by atoms with Crippen LogP contribution in [0.4, 0.5) is 4.39 Å². The summed E-state index contributed by atoms with van der Waals surface area (Å²) in [5.41, 5.74) is 7.96. The molecule has 94 valence electrons. The van der Waals surface area contributed by atoms with Crippen molar-refractivity contribution in [3.8, 4) is 0 Å². The molecule has 1 aliphatic carbocycles. The first-order chi connectivity index (χ1) is 8.11. The third-order valence-corrected chi connectivity index (χ3v) is 3.25. The molecule has 1 saturated carbocycles. The van der Waals surface area contributed by atoms with Crippen LogP contribution in [0, 0.1) is 18.7 Å². The van der Waals surface area contributed by atoms with Gasteiger partial charge in [0, 0.05) is 6.61 Å². The molecular weight excluding hydrogens is 217 g/mol. The van der Waals surface area contributed by atoms with Crippen LogP contribution in [0.25, 0.3) is 0 Å². The van der Waals surface area contributed by atoms with Crippen LogP contribution in [-0.2, 0) is 4.74 Å². The molecule has 0 amide bonds. The maximum atomic E-state index is 13.4. The summed E-state index contributed by atoms with van der Waals surface area (Å²) in [7, 11) is 0. The maximum Gasteiger partial charge on any atom is 0.123 e. The Labute approximate surface area is 102 Å². The first kappa shape index (κ1) is 12.5. The smallest absolute Gasteiger partial charge is 0.123 e. The molecule has 0 aromatic heterocycles. The van der Waals surface area contributed by atoms with E-state index in [4.69, 9.17) is 10.5 Å². The molecule has 0 bridgehead atoms. The van der Waals surface area contributed by atoms with Gasteiger partial charge in [-0.25, -0.2) is 4.39 Å². The highest BCUT2D eigenvalue weighted by Gasteiger charge is 2.36. The van der Waals surface area contributed by atoms with Gasteiger partial charge in [0.25, 0.3) is 0 Å². The summed E-state index contributed by atoms with van der Waals surface area (Å²) in [6.45, 7) is 4.51. The van der Waals surface area contributed by atoms with Gasteiger partial charge in [0.15, 0.2) is 0 Å². The van der Waals surface area contributed by atoms with Crippen molar-refractivity contribution in [1.82, 2.24) is 0 Å². The molecule has 2 unspecified atom stereocenters. The number of hydrogen-bond acceptors (Lipinski definition) is 2. The molecule has 1 aliphatic rings. The van der Waals surface area contributed by atoms with E-state index < -0.39 is 0 Å². The van der Waals surface area contributed by atoms with Crippen molar-refractivity contribution in [3.05, 3.63) is 35.1 Å². The molecule has 1 aromatic rings. The molecule has 0 saturated heterocycles. The van der Waals surface area contributed by atoms with E-state index in [0.29, 0.717) is 12.5 Å². The van der Waals surface area contributed by atoms with Crippen molar-refractivity contribution in [1.29, 1.82) is 0 Å². The molecule has 2 rings (SSSR count). The molecule has 2 nitrogen and oxygen atoms in total. The van der Waals surface area contributed by atoms with E-state index in [1.54, 1.807) is 0 Å². The summed E-state index contributed by atoms with van der Waals surface area (Å²) in [6, 6.07) is 4.76. The van der Waals surface area contributed by atoms with Gasteiger partial charge in [-0.1, -0.05) is 6.07 Å². The first-order valence-corrected chi connectivity index (χ1v) is 6.26. The summed E-state index contributed by atoms with van der Waals surface area (Å²) < 4.78 is 19.1. The largest absolute Gasteiger partial charge is 0.376 e. The van der Waals surface area contributed by atoms with Gasteiger partial charge < -0.3 is 10.5 Å². The zero-order valence-electron chi connectivity index (χ0n) is 10.4. The molecule has 0 heterocycles. The first-order valence-electron chi connectivity index (χ1n) is 6.26. The fourth-order valence-electron chi connectivity index (χ4n) is 2.30. The van der Waals surface area contributed by atoms with Gasteiger partial charge in [-0.3, -0.25) is 0 Å². The third kappa shape index (κ3) is 3.05. The fourth-order valence-corrected chi connectivity index (χ4v) is 2.30. The normalized spacial score (nSPS) is 19.1.